The van der Waals surface area contributed by atoms with Gasteiger partial charge in [-0.25, -0.2) is 15.0 Å². The van der Waals surface area contributed by atoms with Gasteiger partial charge in [-0.05, 0) is 42.8 Å². The Hall–Kier alpha value is -5.63. The Labute approximate surface area is 236 Å². The Bertz CT molecular complexity index is 1960. The molecular formula is C33H26N6O2. The van der Waals surface area contributed by atoms with Gasteiger partial charge in [-0.3, -0.25) is 5.43 Å². The van der Waals surface area contributed by atoms with E-state index in [9.17, 15) is 0 Å². The van der Waals surface area contributed by atoms with Gasteiger partial charge in [-0.2, -0.15) is 0 Å². The second-order valence-corrected chi connectivity index (χ2v) is 9.66. The van der Waals surface area contributed by atoms with Crippen molar-refractivity contribution in [2.24, 2.45) is 10.9 Å². The van der Waals surface area contributed by atoms with Crippen molar-refractivity contribution < 1.29 is 9.25 Å². The number of aliphatic imine (C=N–C) groups is 1. The van der Waals surface area contributed by atoms with Gasteiger partial charge in [0.05, 0.1) is 29.0 Å². The Morgan fingerprint density at radius 3 is 2.78 bits per heavy atom. The third kappa shape index (κ3) is 4.41. The van der Waals surface area contributed by atoms with Crippen molar-refractivity contribution in [1.82, 2.24) is 20.0 Å². The highest BCUT2D eigenvalue weighted by Crippen LogP contribution is 2.27. The molecule has 5 aromatic rings. The summed E-state index contributed by atoms with van der Waals surface area (Å²) < 4.78 is 7.73. The van der Waals surface area contributed by atoms with Gasteiger partial charge >= 0.3 is 0 Å². The molecule has 4 heterocycles. The van der Waals surface area contributed by atoms with E-state index in [1.165, 1.54) is 22.0 Å². The number of fused-ring (bicyclic) bond motifs is 3. The number of rotatable bonds is 7. The van der Waals surface area contributed by atoms with Gasteiger partial charge in [0.25, 0.3) is 0 Å². The number of nitrogens with one attached hydrogen (secondary N) is 1. The summed E-state index contributed by atoms with van der Waals surface area (Å²) in [6.07, 6.45) is 13.4. The van der Waals surface area contributed by atoms with Crippen LogP contribution in [0, 0.1) is 5.92 Å². The maximum atomic E-state index is 5.45. The number of anilines is 1. The number of aromatic nitrogens is 3. The van der Waals surface area contributed by atoms with Gasteiger partial charge in [0.1, 0.15) is 18.2 Å². The average molecular weight is 539 g/mol. The summed E-state index contributed by atoms with van der Waals surface area (Å²) in [4.78, 5) is 19.2. The zero-order valence-corrected chi connectivity index (χ0v) is 22.1. The van der Waals surface area contributed by atoms with Crippen molar-refractivity contribution in [3.8, 4) is 16.9 Å². The summed E-state index contributed by atoms with van der Waals surface area (Å²) in [5, 5.41) is 5.00. The molecule has 0 amide bonds. The highest BCUT2D eigenvalue weighted by atomic mass is 16.7. The summed E-state index contributed by atoms with van der Waals surface area (Å²) in [5.41, 5.74) is 8.31. The van der Waals surface area contributed by atoms with Crippen LogP contribution in [-0.2, 0) is 4.84 Å². The predicted molar refractivity (Wildman–Crippen MR) is 161 cm³/mol. The van der Waals surface area contributed by atoms with E-state index in [0.29, 0.717) is 17.4 Å². The number of hydrogen-bond acceptors (Lipinski definition) is 7. The number of allylic oxidation sites excluding steroid dienone is 2. The molecule has 0 saturated carbocycles. The second-order valence-electron chi connectivity index (χ2n) is 9.66. The number of oxazole rings is 1. The van der Waals surface area contributed by atoms with E-state index < -0.39 is 0 Å². The molecular weight excluding hydrogens is 512 g/mol. The second kappa shape index (κ2) is 10.2. The van der Waals surface area contributed by atoms with Crippen LogP contribution in [0.25, 0.3) is 40.0 Å². The smallest absolute Gasteiger partial charge is 0.244 e. The molecule has 41 heavy (non-hydrogen) atoms. The monoisotopic (exact) mass is 538 g/mol. The molecule has 1 unspecified atom stereocenters. The Morgan fingerprint density at radius 1 is 1.10 bits per heavy atom. The van der Waals surface area contributed by atoms with Gasteiger partial charge in [0.15, 0.2) is 5.82 Å². The molecule has 0 saturated heterocycles. The molecule has 1 aliphatic heterocycles. The van der Waals surface area contributed by atoms with Crippen LogP contribution in [0.5, 0.6) is 0 Å². The molecule has 7 rings (SSSR count). The summed E-state index contributed by atoms with van der Waals surface area (Å²) >= 11 is 0. The lowest BCUT2D eigenvalue weighted by atomic mass is 9.96. The number of benzene rings is 2. The number of hydrazine groups is 1. The van der Waals surface area contributed by atoms with E-state index in [0.717, 1.165) is 39.9 Å². The standard InChI is InChI=1S/C33H26N6O2/c1-3-28(33-34-16-18-40-33)36-22(2)23-12-14-26-27-15-13-24(29-10-7-11-32(37-29)39-35-17-19-41-39)21-31(27)38(30(26)20-23)25-8-5-4-6-9-25/h3-11,13-21,23,35H,1-2,12H2. The lowest BCUT2D eigenvalue weighted by Crippen LogP contribution is -2.32. The fourth-order valence-corrected chi connectivity index (χ4v) is 5.27. The molecule has 1 atom stereocenters. The first-order chi connectivity index (χ1) is 20.2. The van der Waals surface area contributed by atoms with Crippen molar-refractivity contribution in [2.75, 3.05) is 5.17 Å². The molecule has 0 fully saturated rings. The van der Waals surface area contributed by atoms with E-state index in [2.05, 4.69) is 82.8 Å². The minimum Gasteiger partial charge on any atom is -0.443 e. The first-order valence-electron chi connectivity index (χ1n) is 13.3. The molecule has 0 bridgehead atoms. The van der Waals surface area contributed by atoms with Crippen molar-refractivity contribution in [2.45, 2.75) is 6.42 Å². The average Bonchev–Trinajstić information content (AvgIpc) is 3.81. The molecule has 8 heteroatoms. The maximum absolute atomic E-state index is 5.45. The molecule has 0 radical (unpaired) electrons. The quantitative estimate of drug-likeness (QED) is 0.288. The first kappa shape index (κ1) is 24.4. The summed E-state index contributed by atoms with van der Waals surface area (Å²) in [5.74, 6) is 1.09. The molecule has 1 aliphatic carbocycles. The summed E-state index contributed by atoms with van der Waals surface area (Å²) in [6, 6.07) is 22.8. The lowest BCUT2D eigenvalue weighted by Gasteiger charge is -2.16. The molecule has 1 N–H and O–H groups in total. The lowest BCUT2D eigenvalue weighted by molar-refractivity contribution is 0.219. The van der Waals surface area contributed by atoms with Crippen LogP contribution < -0.4 is 21.2 Å². The fraction of sp³-hybridized carbons (Fsp3) is 0.0606. The topological polar surface area (TPSA) is 80.7 Å². The highest BCUT2D eigenvalue weighted by molar-refractivity contribution is 6.05. The minimum atomic E-state index is -0.00132. The Kier molecular flexibility index (Phi) is 6.05. The van der Waals surface area contributed by atoms with Gasteiger partial charge < -0.3 is 13.8 Å². The Balaban J connectivity index is 1.36. The molecule has 8 nitrogen and oxygen atoms in total. The minimum absolute atomic E-state index is 0.00132. The summed E-state index contributed by atoms with van der Waals surface area (Å²) in [6.45, 7) is 8.18. The molecule has 2 aliphatic rings. The van der Waals surface area contributed by atoms with Crippen LogP contribution in [0.1, 0.15) is 12.3 Å². The fourth-order valence-electron chi connectivity index (χ4n) is 5.27. The zero-order valence-electron chi connectivity index (χ0n) is 22.1. The van der Waals surface area contributed by atoms with Gasteiger partial charge in [-0.1, -0.05) is 66.9 Å². The van der Waals surface area contributed by atoms with Gasteiger partial charge in [0, 0.05) is 33.5 Å². The third-order valence-electron chi connectivity index (χ3n) is 7.20. The highest BCUT2D eigenvalue weighted by Gasteiger charge is 2.19. The van der Waals surface area contributed by atoms with Crippen molar-refractivity contribution in [3.63, 3.8) is 0 Å². The summed E-state index contributed by atoms with van der Waals surface area (Å²) in [7, 11) is 0. The third-order valence-corrected chi connectivity index (χ3v) is 7.20. The van der Waals surface area contributed by atoms with Crippen LogP contribution in [-0.4, -0.2) is 20.2 Å². The molecule has 2 aromatic carbocycles. The number of nitrogens with zero attached hydrogens (tertiary/aromatic N) is 5. The van der Waals surface area contributed by atoms with Crippen molar-refractivity contribution >= 4 is 34.6 Å². The first-order valence-corrected chi connectivity index (χ1v) is 13.3. The van der Waals surface area contributed by atoms with Crippen LogP contribution in [0.15, 0.2) is 126 Å². The number of pyridine rings is 1. The maximum Gasteiger partial charge on any atom is 0.244 e. The van der Waals surface area contributed by atoms with Crippen LogP contribution in [0.3, 0.4) is 0 Å². The molecule has 0 spiro atoms. The SMILES string of the molecule is C=CC(=NC(=C)C1C=c2c(c3ccc(-c4cccc(N5NC=CO5)n4)cc3n2-c2ccccc2)=CC1)c1ncco1. The largest absolute Gasteiger partial charge is 0.443 e. The zero-order chi connectivity index (χ0) is 27.8. The molecule has 3 aromatic heterocycles. The van der Waals surface area contributed by atoms with Crippen molar-refractivity contribution in [1.29, 1.82) is 0 Å². The van der Waals surface area contributed by atoms with E-state index in [4.69, 9.17) is 19.2 Å². The Morgan fingerprint density at radius 2 is 2.00 bits per heavy atom. The van der Waals surface area contributed by atoms with E-state index in [1.807, 2.05) is 24.3 Å². The van der Waals surface area contributed by atoms with Gasteiger partial charge in [0.2, 0.25) is 5.89 Å². The van der Waals surface area contributed by atoms with Crippen molar-refractivity contribution in [3.05, 3.63) is 133 Å². The predicted octanol–water partition coefficient (Wildman–Crippen LogP) is 5.18. The van der Waals surface area contributed by atoms with E-state index in [1.54, 1.807) is 24.7 Å². The van der Waals surface area contributed by atoms with Crippen LogP contribution in [0.4, 0.5) is 5.82 Å². The van der Waals surface area contributed by atoms with E-state index in [-0.39, 0.29) is 5.92 Å². The van der Waals surface area contributed by atoms with Crippen LogP contribution >= 0.6 is 0 Å². The van der Waals surface area contributed by atoms with E-state index >= 15 is 0 Å². The van der Waals surface area contributed by atoms with Crippen LogP contribution in [0.2, 0.25) is 0 Å². The van der Waals surface area contributed by atoms with Gasteiger partial charge in [-0.15, -0.1) is 0 Å². The number of hydrogen-bond donors (Lipinski definition) is 1. The number of para-hydroxylation sites is 1. The normalized spacial score (nSPS) is 16.0. The molecule has 200 valence electrons.